The lowest BCUT2D eigenvalue weighted by molar-refractivity contribution is 0.452. The van der Waals surface area contributed by atoms with Gasteiger partial charge in [0.15, 0.2) is 0 Å². The molecule has 0 aliphatic rings. The van der Waals surface area contributed by atoms with Crippen molar-refractivity contribution in [3.8, 4) is 5.88 Å². The summed E-state index contributed by atoms with van der Waals surface area (Å²) in [7, 11) is 0. The highest BCUT2D eigenvalue weighted by atomic mass is 32.1. The minimum absolute atomic E-state index is 0.0637. The van der Waals surface area contributed by atoms with E-state index >= 15 is 0 Å². The van der Waals surface area contributed by atoms with Crippen molar-refractivity contribution in [3.63, 3.8) is 0 Å². The summed E-state index contributed by atoms with van der Waals surface area (Å²) in [5.74, 6) is 0.0669. The van der Waals surface area contributed by atoms with E-state index in [0.717, 1.165) is 16.3 Å². The largest absolute Gasteiger partial charge is 0.493 e. The molecule has 0 bridgehead atoms. The summed E-state index contributed by atoms with van der Waals surface area (Å²) in [6.45, 7) is 4.20. The van der Waals surface area contributed by atoms with Gasteiger partial charge in [-0.05, 0) is 40.1 Å². The predicted octanol–water partition coefficient (Wildman–Crippen LogP) is 2.41. The predicted molar refractivity (Wildman–Crippen MR) is 110 cm³/mol. The van der Waals surface area contributed by atoms with Crippen LogP contribution in [0.5, 0.6) is 5.88 Å². The number of thiazole rings is 1. The molecule has 0 saturated carbocycles. The molecular weight excluding hydrogens is 392 g/mol. The van der Waals surface area contributed by atoms with Gasteiger partial charge >= 0.3 is 0 Å². The number of nitrogens with one attached hydrogen (secondary N) is 1. The average molecular weight is 408 g/mol. The van der Waals surface area contributed by atoms with Crippen molar-refractivity contribution in [1.29, 1.82) is 0 Å². The van der Waals surface area contributed by atoms with Crippen LogP contribution in [-0.4, -0.2) is 46.3 Å². The van der Waals surface area contributed by atoms with Gasteiger partial charge in [0.05, 0.1) is 5.69 Å². The van der Waals surface area contributed by atoms with Gasteiger partial charge in [0.2, 0.25) is 5.88 Å². The number of nitrogens with zero attached hydrogens (tertiary/aromatic N) is 7. The van der Waals surface area contributed by atoms with E-state index in [1.807, 2.05) is 17.5 Å². The van der Waals surface area contributed by atoms with Crippen LogP contribution in [0.1, 0.15) is 41.6 Å². The van der Waals surface area contributed by atoms with Crippen molar-refractivity contribution >= 4 is 41.3 Å². The van der Waals surface area contributed by atoms with E-state index in [2.05, 4.69) is 49.4 Å². The fourth-order valence-corrected chi connectivity index (χ4v) is 3.39. The molecule has 0 saturated heterocycles. The zero-order chi connectivity index (χ0) is 20.4. The Hall–Kier alpha value is -3.73. The van der Waals surface area contributed by atoms with Crippen molar-refractivity contribution in [3.05, 3.63) is 55.9 Å². The summed E-state index contributed by atoms with van der Waals surface area (Å²) in [5, 5.41) is 25.9. The van der Waals surface area contributed by atoms with Gasteiger partial charge in [-0.1, -0.05) is 25.0 Å². The highest BCUT2D eigenvalue weighted by Gasteiger charge is 2.11. The van der Waals surface area contributed by atoms with E-state index in [1.54, 1.807) is 29.7 Å². The summed E-state index contributed by atoms with van der Waals surface area (Å²) >= 11 is 1.57. The molecule has 0 aromatic carbocycles. The number of aromatic nitrogens is 7. The van der Waals surface area contributed by atoms with E-state index in [0.29, 0.717) is 11.6 Å². The van der Waals surface area contributed by atoms with Crippen LogP contribution in [0.4, 0.5) is 5.95 Å². The first-order valence-electron chi connectivity index (χ1n) is 8.68. The summed E-state index contributed by atoms with van der Waals surface area (Å²) < 4.78 is 1.33. The minimum atomic E-state index is -0.458. The number of hydrogen-bond acceptors (Lipinski definition) is 9. The van der Waals surface area contributed by atoms with Crippen LogP contribution in [0, 0.1) is 0 Å². The number of hydrogen-bond donors (Lipinski definition) is 2. The molecular formula is C18H16N8O2S. The third kappa shape index (κ3) is 3.94. The SMILES string of the molecule is CC(C)c1csc(C=Cc2ccn3c(=O)c(C=Nc4nnn[nH]4)c(O)nc3c2)n1. The summed E-state index contributed by atoms with van der Waals surface area (Å²) in [5.41, 5.74) is 1.68. The third-order valence-corrected chi connectivity index (χ3v) is 4.90. The second-order valence-electron chi connectivity index (χ2n) is 6.42. The topological polar surface area (TPSA) is 134 Å². The van der Waals surface area contributed by atoms with Crippen molar-refractivity contribution in [1.82, 2.24) is 35.0 Å². The first kappa shape index (κ1) is 18.6. The molecule has 4 aromatic heterocycles. The number of aromatic hydroxyl groups is 1. The molecule has 2 N–H and O–H groups in total. The van der Waals surface area contributed by atoms with Crippen LogP contribution in [0.15, 0.2) is 33.5 Å². The van der Waals surface area contributed by atoms with Gasteiger partial charge in [-0.25, -0.2) is 15.1 Å². The summed E-state index contributed by atoms with van der Waals surface area (Å²) in [4.78, 5) is 25.2. The molecule has 10 nitrogen and oxygen atoms in total. The number of H-pyrrole nitrogens is 1. The molecule has 11 heteroatoms. The monoisotopic (exact) mass is 408 g/mol. The number of fused-ring (bicyclic) bond motifs is 1. The van der Waals surface area contributed by atoms with Crippen LogP contribution in [0.25, 0.3) is 17.8 Å². The zero-order valence-electron chi connectivity index (χ0n) is 15.5. The number of tetrazole rings is 1. The van der Waals surface area contributed by atoms with Gasteiger partial charge in [0.25, 0.3) is 11.5 Å². The fourth-order valence-electron chi connectivity index (χ4n) is 2.52. The van der Waals surface area contributed by atoms with Gasteiger partial charge < -0.3 is 5.11 Å². The molecule has 4 heterocycles. The van der Waals surface area contributed by atoms with Crippen LogP contribution >= 0.6 is 11.3 Å². The van der Waals surface area contributed by atoms with E-state index in [-0.39, 0.29) is 11.5 Å². The molecule has 0 radical (unpaired) electrons. The molecule has 0 aliphatic heterocycles. The molecule has 4 rings (SSSR count). The van der Waals surface area contributed by atoms with E-state index < -0.39 is 11.4 Å². The number of pyridine rings is 1. The van der Waals surface area contributed by atoms with Crippen molar-refractivity contribution < 1.29 is 5.11 Å². The van der Waals surface area contributed by atoms with Gasteiger partial charge in [-0.2, -0.15) is 4.98 Å². The van der Waals surface area contributed by atoms with Gasteiger partial charge in [-0.15, -0.1) is 11.3 Å². The van der Waals surface area contributed by atoms with Crippen molar-refractivity contribution in [2.75, 3.05) is 0 Å². The Bertz CT molecular complexity index is 1270. The second kappa shape index (κ2) is 7.72. The Kier molecular flexibility index (Phi) is 4.96. The van der Waals surface area contributed by atoms with Gasteiger partial charge in [0, 0.05) is 17.8 Å². The van der Waals surface area contributed by atoms with Crippen LogP contribution in [0.3, 0.4) is 0 Å². The molecule has 0 spiro atoms. The molecule has 0 unspecified atom stereocenters. The lowest BCUT2D eigenvalue weighted by atomic mass is 10.2. The Balaban J connectivity index is 1.65. The maximum Gasteiger partial charge on any atom is 0.270 e. The molecule has 0 aliphatic carbocycles. The first-order chi connectivity index (χ1) is 14.0. The van der Waals surface area contributed by atoms with Crippen molar-refractivity contribution in [2.45, 2.75) is 19.8 Å². The quantitative estimate of drug-likeness (QED) is 0.484. The minimum Gasteiger partial charge on any atom is -0.493 e. The first-order valence-corrected chi connectivity index (χ1v) is 9.56. The smallest absolute Gasteiger partial charge is 0.270 e. The molecule has 29 heavy (non-hydrogen) atoms. The lowest BCUT2D eigenvalue weighted by Gasteiger charge is -2.04. The maximum atomic E-state index is 12.6. The Morgan fingerprint density at radius 2 is 2.17 bits per heavy atom. The highest BCUT2D eigenvalue weighted by Crippen LogP contribution is 2.20. The molecule has 0 amide bonds. The summed E-state index contributed by atoms with van der Waals surface area (Å²) in [6.07, 6.45) is 6.56. The molecule has 4 aromatic rings. The fraction of sp³-hybridized carbons (Fsp3) is 0.167. The van der Waals surface area contributed by atoms with Crippen LogP contribution in [0.2, 0.25) is 0 Å². The second-order valence-corrected chi connectivity index (χ2v) is 7.31. The molecule has 146 valence electrons. The normalized spacial score (nSPS) is 12.1. The van der Waals surface area contributed by atoms with E-state index in [4.69, 9.17) is 0 Å². The van der Waals surface area contributed by atoms with Crippen molar-refractivity contribution in [2.24, 2.45) is 4.99 Å². The van der Waals surface area contributed by atoms with Crippen LogP contribution in [-0.2, 0) is 0 Å². The Morgan fingerprint density at radius 1 is 1.31 bits per heavy atom. The number of rotatable bonds is 5. The van der Waals surface area contributed by atoms with Gasteiger partial charge in [0.1, 0.15) is 16.2 Å². The van der Waals surface area contributed by atoms with E-state index in [9.17, 15) is 9.90 Å². The Morgan fingerprint density at radius 3 is 2.90 bits per heavy atom. The average Bonchev–Trinajstić information content (AvgIpc) is 3.38. The third-order valence-electron chi connectivity index (χ3n) is 4.07. The molecule has 0 fully saturated rings. The van der Waals surface area contributed by atoms with Gasteiger partial charge in [-0.3, -0.25) is 9.20 Å². The Labute approximate surface area is 168 Å². The standard InChI is InChI=1S/C18H16N8O2S/c1-10(2)13-9-29-15(20-13)4-3-11-5-6-26-14(7-11)21-16(27)12(17(26)28)8-19-18-22-24-25-23-18/h3-10,27H,1-2H3,(H,22,23,24,25). The zero-order valence-corrected chi connectivity index (χ0v) is 16.3. The highest BCUT2D eigenvalue weighted by molar-refractivity contribution is 7.10. The number of aromatic amines is 1. The van der Waals surface area contributed by atoms with E-state index in [1.165, 1.54) is 10.6 Å². The number of aliphatic imine (C=N–C) groups is 1. The lowest BCUT2D eigenvalue weighted by Crippen LogP contribution is -2.19. The maximum absolute atomic E-state index is 12.6. The summed E-state index contributed by atoms with van der Waals surface area (Å²) in [6, 6.07) is 3.48. The molecule has 0 atom stereocenters. The van der Waals surface area contributed by atoms with Crippen LogP contribution < -0.4 is 5.56 Å².